The number of hydrogen-bond donors (Lipinski definition) is 1. The second-order valence-electron chi connectivity index (χ2n) is 6.07. The summed E-state index contributed by atoms with van der Waals surface area (Å²) in [6.07, 6.45) is -0.153. The molecule has 0 saturated carbocycles. The number of amides is 1. The van der Waals surface area contributed by atoms with Crippen molar-refractivity contribution in [3.63, 3.8) is 0 Å². The van der Waals surface area contributed by atoms with Crippen LogP contribution < -0.4 is 19.5 Å². The fourth-order valence-electron chi connectivity index (χ4n) is 2.60. The molecule has 0 radical (unpaired) electrons. The van der Waals surface area contributed by atoms with Crippen molar-refractivity contribution in [1.82, 2.24) is 5.32 Å². The van der Waals surface area contributed by atoms with Crippen LogP contribution in [0.5, 0.6) is 17.2 Å². The van der Waals surface area contributed by atoms with Crippen LogP contribution in [-0.4, -0.2) is 31.3 Å². The Morgan fingerprint density at radius 3 is 2.64 bits per heavy atom. The summed E-state index contributed by atoms with van der Waals surface area (Å²) in [7, 11) is 0. The number of nitrogens with one attached hydrogen (secondary N) is 1. The van der Waals surface area contributed by atoms with Gasteiger partial charge in [0, 0.05) is 0 Å². The summed E-state index contributed by atoms with van der Waals surface area (Å²) < 4.78 is 17.3. The van der Waals surface area contributed by atoms with Crippen molar-refractivity contribution < 1.29 is 19.0 Å². The largest absolute Gasteiger partial charge is 0.486 e. The third kappa shape index (κ3) is 4.44. The van der Waals surface area contributed by atoms with Gasteiger partial charge >= 0.3 is 0 Å². The first-order valence-electron chi connectivity index (χ1n) is 8.55. The predicted molar refractivity (Wildman–Crippen MR) is 95.2 cm³/mol. The normalized spacial score (nSPS) is 16.8. The molecule has 2 atom stereocenters. The van der Waals surface area contributed by atoms with E-state index in [2.05, 4.69) is 5.32 Å². The summed E-state index contributed by atoms with van der Waals surface area (Å²) in [5, 5.41) is 2.90. The molecule has 25 heavy (non-hydrogen) atoms. The minimum absolute atomic E-state index is 0.148. The molecule has 0 aliphatic carbocycles. The van der Waals surface area contributed by atoms with Gasteiger partial charge < -0.3 is 19.5 Å². The maximum Gasteiger partial charge on any atom is 0.261 e. The lowest BCUT2D eigenvalue weighted by atomic mass is 10.2. The summed E-state index contributed by atoms with van der Waals surface area (Å²) >= 11 is 0. The third-order valence-electron chi connectivity index (χ3n) is 4.03. The maximum atomic E-state index is 12.4. The molecule has 5 heteroatoms. The monoisotopic (exact) mass is 341 g/mol. The van der Waals surface area contributed by atoms with Gasteiger partial charge in [0.05, 0.1) is 6.54 Å². The van der Waals surface area contributed by atoms with Gasteiger partial charge in [-0.25, -0.2) is 0 Å². The number of carbonyl (C=O) groups excluding carboxylic acids is 1. The average molecular weight is 341 g/mol. The van der Waals surface area contributed by atoms with Crippen LogP contribution in [0.3, 0.4) is 0 Å². The number of carbonyl (C=O) groups is 1. The molecule has 1 aliphatic heterocycles. The minimum atomic E-state index is -0.528. The molecule has 1 N–H and O–H groups in total. The number of rotatable bonds is 6. The summed E-state index contributed by atoms with van der Waals surface area (Å²) in [6, 6.07) is 15.2. The molecule has 0 saturated heterocycles. The van der Waals surface area contributed by atoms with Crippen molar-refractivity contribution in [2.75, 3.05) is 13.2 Å². The van der Waals surface area contributed by atoms with Crippen LogP contribution in [0.25, 0.3) is 0 Å². The molecule has 132 valence electrons. The molecule has 0 bridgehead atoms. The molecule has 3 rings (SSSR count). The predicted octanol–water partition coefficient (Wildman–Crippen LogP) is 3.11. The molecule has 1 aliphatic rings. The van der Waals surface area contributed by atoms with E-state index in [9.17, 15) is 4.79 Å². The van der Waals surface area contributed by atoms with Crippen molar-refractivity contribution in [3.05, 3.63) is 54.1 Å². The second kappa shape index (κ2) is 7.92. The molecule has 0 fully saturated rings. The van der Waals surface area contributed by atoms with Crippen LogP contribution in [0.2, 0.25) is 0 Å². The number of hydrogen-bond acceptors (Lipinski definition) is 4. The van der Waals surface area contributed by atoms with Crippen LogP contribution >= 0.6 is 0 Å². The van der Waals surface area contributed by atoms with E-state index in [1.54, 1.807) is 0 Å². The highest BCUT2D eigenvalue weighted by Crippen LogP contribution is 2.30. The maximum absolute atomic E-state index is 12.4. The van der Waals surface area contributed by atoms with Crippen LogP contribution in [-0.2, 0) is 4.79 Å². The lowest BCUT2D eigenvalue weighted by Crippen LogP contribution is -2.45. The number of ether oxygens (including phenoxy) is 3. The van der Waals surface area contributed by atoms with Crippen LogP contribution in [0.4, 0.5) is 0 Å². The van der Waals surface area contributed by atoms with Gasteiger partial charge in [-0.05, 0) is 37.6 Å². The fraction of sp³-hybridized carbons (Fsp3) is 0.350. The molecule has 1 amide bonds. The van der Waals surface area contributed by atoms with Gasteiger partial charge in [0.2, 0.25) is 0 Å². The Kier molecular flexibility index (Phi) is 5.43. The van der Waals surface area contributed by atoms with Crippen molar-refractivity contribution >= 4 is 5.91 Å². The zero-order chi connectivity index (χ0) is 17.6. The van der Waals surface area contributed by atoms with E-state index < -0.39 is 6.10 Å². The first-order chi connectivity index (χ1) is 12.2. The summed E-state index contributed by atoms with van der Waals surface area (Å²) in [5.41, 5.74) is 1.15. The molecule has 2 aromatic carbocycles. The van der Waals surface area contributed by atoms with Gasteiger partial charge in [-0.1, -0.05) is 36.8 Å². The fourth-order valence-corrected chi connectivity index (χ4v) is 2.60. The van der Waals surface area contributed by atoms with E-state index in [-0.39, 0.29) is 12.0 Å². The van der Waals surface area contributed by atoms with Crippen LogP contribution in [0.1, 0.15) is 18.9 Å². The average Bonchev–Trinajstić information content (AvgIpc) is 2.65. The Morgan fingerprint density at radius 1 is 1.20 bits per heavy atom. The number of para-hydroxylation sites is 2. The Morgan fingerprint density at radius 2 is 1.92 bits per heavy atom. The highest BCUT2D eigenvalue weighted by Gasteiger charge is 2.23. The zero-order valence-corrected chi connectivity index (χ0v) is 14.5. The Bertz CT molecular complexity index is 714. The van der Waals surface area contributed by atoms with Gasteiger partial charge in [0.25, 0.3) is 5.91 Å². The Hall–Kier alpha value is -2.69. The molecule has 0 unspecified atom stereocenters. The molecule has 2 aromatic rings. The van der Waals surface area contributed by atoms with Crippen LogP contribution in [0, 0.1) is 6.92 Å². The topological polar surface area (TPSA) is 56.8 Å². The summed E-state index contributed by atoms with van der Waals surface area (Å²) in [6.45, 7) is 4.72. The minimum Gasteiger partial charge on any atom is -0.486 e. The SMILES string of the molecule is CC[C@@H](Oc1ccc(C)cc1)C(=O)NC[C@@H]1COc2ccccc2O1. The first kappa shape index (κ1) is 17.1. The van der Waals surface area contributed by atoms with Crippen molar-refractivity contribution in [2.24, 2.45) is 0 Å². The molecule has 0 aromatic heterocycles. The summed E-state index contributed by atoms with van der Waals surface area (Å²) in [4.78, 5) is 12.4. The first-order valence-corrected chi connectivity index (χ1v) is 8.55. The van der Waals surface area contributed by atoms with Crippen molar-refractivity contribution in [1.29, 1.82) is 0 Å². The zero-order valence-electron chi connectivity index (χ0n) is 14.5. The standard InChI is InChI=1S/C20H23NO4/c1-3-17(24-15-10-8-14(2)9-11-15)20(22)21-12-16-13-23-18-6-4-5-7-19(18)25-16/h4-11,16-17H,3,12-13H2,1-2H3,(H,21,22)/t16-,17-/m1/s1. The van der Waals surface area contributed by atoms with Crippen LogP contribution in [0.15, 0.2) is 48.5 Å². The molecule has 0 spiro atoms. The van der Waals surface area contributed by atoms with Gasteiger partial charge in [-0.2, -0.15) is 0 Å². The van der Waals surface area contributed by atoms with E-state index >= 15 is 0 Å². The number of fused-ring (bicyclic) bond motifs is 1. The van der Waals surface area contributed by atoms with Crippen molar-refractivity contribution in [2.45, 2.75) is 32.5 Å². The van der Waals surface area contributed by atoms with E-state index in [1.165, 1.54) is 0 Å². The summed E-state index contributed by atoms with van der Waals surface area (Å²) in [5.74, 6) is 1.99. The van der Waals surface area contributed by atoms with Gasteiger partial charge in [-0.15, -0.1) is 0 Å². The van der Waals surface area contributed by atoms with Gasteiger partial charge in [-0.3, -0.25) is 4.79 Å². The van der Waals surface area contributed by atoms with Gasteiger partial charge in [0.15, 0.2) is 17.6 Å². The lowest BCUT2D eigenvalue weighted by molar-refractivity contribution is -0.128. The Balaban J connectivity index is 1.52. The lowest BCUT2D eigenvalue weighted by Gasteiger charge is -2.27. The van der Waals surface area contributed by atoms with E-state index in [4.69, 9.17) is 14.2 Å². The van der Waals surface area contributed by atoms with Crippen molar-refractivity contribution in [3.8, 4) is 17.2 Å². The van der Waals surface area contributed by atoms with E-state index in [0.717, 1.165) is 11.3 Å². The number of benzene rings is 2. The van der Waals surface area contributed by atoms with E-state index in [0.29, 0.717) is 31.1 Å². The molecular formula is C20H23NO4. The Labute approximate surface area is 147 Å². The van der Waals surface area contributed by atoms with Gasteiger partial charge in [0.1, 0.15) is 18.5 Å². The number of aryl methyl sites for hydroxylation is 1. The highest BCUT2D eigenvalue weighted by atomic mass is 16.6. The quantitative estimate of drug-likeness (QED) is 0.877. The molecular weight excluding hydrogens is 318 g/mol. The van der Waals surface area contributed by atoms with E-state index in [1.807, 2.05) is 62.4 Å². The third-order valence-corrected chi connectivity index (χ3v) is 4.03. The molecule has 1 heterocycles. The molecule has 5 nitrogen and oxygen atoms in total. The highest BCUT2D eigenvalue weighted by molar-refractivity contribution is 5.81. The second-order valence-corrected chi connectivity index (χ2v) is 6.07. The smallest absolute Gasteiger partial charge is 0.261 e.